The fraction of sp³-hybridized carbons (Fsp3) is 0. The quantitative estimate of drug-likeness (QED) is 0.501. The Morgan fingerprint density at radius 3 is 2.15 bits per heavy atom. The molecule has 1 aromatic heterocycles. The SMILES string of the molecule is O=C(c1ccccc1)c1nc2ccccc2n1C(=O)c1ccc(Cl)cc1. The second-order valence-electron chi connectivity index (χ2n) is 5.77. The van der Waals surface area contributed by atoms with Crippen LogP contribution in [0.2, 0.25) is 5.02 Å². The maximum absolute atomic E-state index is 13.1. The van der Waals surface area contributed by atoms with Crippen molar-refractivity contribution in [2.75, 3.05) is 0 Å². The van der Waals surface area contributed by atoms with E-state index in [0.717, 1.165) is 0 Å². The molecule has 0 aliphatic rings. The third kappa shape index (κ3) is 2.80. The molecule has 0 spiro atoms. The van der Waals surface area contributed by atoms with Crippen molar-refractivity contribution in [2.45, 2.75) is 0 Å². The maximum Gasteiger partial charge on any atom is 0.264 e. The number of aromatic nitrogens is 2. The number of carbonyl (C=O) groups excluding carboxylic acids is 2. The number of halogens is 1. The highest BCUT2D eigenvalue weighted by atomic mass is 35.5. The zero-order valence-corrected chi connectivity index (χ0v) is 14.4. The van der Waals surface area contributed by atoms with Gasteiger partial charge in [-0.25, -0.2) is 4.98 Å². The molecule has 126 valence electrons. The Labute approximate surface area is 154 Å². The van der Waals surface area contributed by atoms with Crippen LogP contribution in [0.25, 0.3) is 11.0 Å². The zero-order chi connectivity index (χ0) is 18.1. The average molecular weight is 361 g/mol. The number of para-hydroxylation sites is 2. The minimum absolute atomic E-state index is 0.0948. The fourth-order valence-corrected chi connectivity index (χ4v) is 2.95. The highest BCUT2D eigenvalue weighted by Crippen LogP contribution is 2.21. The van der Waals surface area contributed by atoms with Gasteiger partial charge in [0.05, 0.1) is 11.0 Å². The number of nitrogens with zero attached hydrogens (tertiary/aromatic N) is 2. The van der Waals surface area contributed by atoms with Crippen molar-refractivity contribution in [2.24, 2.45) is 0 Å². The van der Waals surface area contributed by atoms with Crippen molar-refractivity contribution < 1.29 is 9.59 Å². The van der Waals surface area contributed by atoms with Gasteiger partial charge in [0.1, 0.15) is 0 Å². The Balaban J connectivity index is 1.91. The molecule has 3 aromatic carbocycles. The predicted octanol–water partition coefficient (Wildman–Crippen LogP) is 4.61. The lowest BCUT2D eigenvalue weighted by Crippen LogP contribution is -2.19. The standard InChI is InChI=1S/C21H13ClN2O2/c22-16-12-10-15(11-13-16)21(26)24-18-9-5-4-8-17(18)23-20(24)19(25)14-6-2-1-3-7-14/h1-13H. The summed E-state index contributed by atoms with van der Waals surface area (Å²) < 4.78 is 1.37. The van der Waals surface area contributed by atoms with Crippen LogP contribution in [0.4, 0.5) is 0 Å². The van der Waals surface area contributed by atoms with E-state index in [1.165, 1.54) is 4.57 Å². The molecule has 0 aliphatic carbocycles. The number of imidazole rings is 1. The number of hydrogen-bond donors (Lipinski definition) is 0. The van der Waals surface area contributed by atoms with Gasteiger partial charge in [-0.3, -0.25) is 14.2 Å². The van der Waals surface area contributed by atoms with Gasteiger partial charge in [0.2, 0.25) is 5.78 Å². The minimum atomic E-state index is -0.324. The largest absolute Gasteiger partial charge is 0.285 e. The molecule has 1 heterocycles. The lowest BCUT2D eigenvalue weighted by molar-refractivity contribution is 0.0935. The van der Waals surface area contributed by atoms with Crippen molar-refractivity contribution in [3.05, 3.63) is 101 Å². The van der Waals surface area contributed by atoms with Crippen molar-refractivity contribution in [1.29, 1.82) is 0 Å². The fourth-order valence-electron chi connectivity index (χ4n) is 2.82. The van der Waals surface area contributed by atoms with Gasteiger partial charge >= 0.3 is 0 Å². The summed E-state index contributed by atoms with van der Waals surface area (Å²) in [7, 11) is 0. The summed E-state index contributed by atoms with van der Waals surface area (Å²) in [6, 6.07) is 22.6. The smallest absolute Gasteiger partial charge is 0.264 e. The van der Waals surface area contributed by atoms with E-state index in [0.29, 0.717) is 27.2 Å². The first kappa shape index (κ1) is 16.2. The maximum atomic E-state index is 13.1. The molecule has 4 nitrogen and oxygen atoms in total. The van der Waals surface area contributed by atoms with E-state index in [9.17, 15) is 9.59 Å². The van der Waals surface area contributed by atoms with E-state index < -0.39 is 0 Å². The Bertz CT molecular complexity index is 1120. The molecule has 4 rings (SSSR count). The number of ketones is 1. The molecule has 26 heavy (non-hydrogen) atoms. The molecule has 0 amide bonds. The Hall–Kier alpha value is -3.24. The first-order valence-corrected chi connectivity index (χ1v) is 8.40. The van der Waals surface area contributed by atoms with Gasteiger partial charge in [0, 0.05) is 16.1 Å². The van der Waals surface area contributed by atoms with Gasteiger partial charge in [-0.1, -0.05) is 54.1 Å². The Morgan fingerprint density at radius 1 is 0.769 bits per heavy atom. The average Bonchev–Trinajstić information content (AvgIpc) is 3.07. The normalized spacial score (nSPS) is 10.8. The van der Waals surface area contributed by atoms with Crippen LogP contribution in [0.3, 0.4) is 0 Å². The summed E-state index contributed by atoms with van der Waals surface area (Å²) in [5.41, 5.74) is 2.09. The Morgan fingerprint density at radius 2 is 1.42 bits per heavy atom. The number of hydrogen-bond acceptors (Lipinski definition) is 3. The van der Waals surface area contributed by atoms with Gasteiger partial charge in [0.25, 0.3) is 5.91 Å². The highest BCUT2D eigenvalue weighted by Gasteiger charge is 2.23. The topological polar surface area (TPSA) is 52.0 Å². The third-order valence-electron chi connectivity index (χ3n) is 4.09. The molecule has 0 fully saturated rings. The predicted molar refractivity (Wildman–Crippen MR) is 101 cm³/mol. The summed E-state index contributed by atoms with van der Waals surface area (Å²) >= 11 is 5.91. The van der Waals surface area contributed by atoms with Gasteiger partial charge in [0.15, 0.2) is 5.82 Å². The van der Waals surface area contributed by atoms with Crippen LogP contribution in [-0.4, -0.2) is 21.2 Å². The van der Waals surface area contributed by atoms with Crippen molar-refractivity contribution >= 4 is 34.3 Å². The van der Waals surface area contributed by atoms with Crippen LogP contribution < -0.4 is 0 Å². The molecule has 0 bridgehead atoms. The molecule has 0 N–H and O–H groups in total. The Kier molecular flexibility index (Phi) is 4.11. The molecule has 0 aliphatic heterocycles. The van der Waals surface area contributed by atoms with E-state index in [2.05, 4.69) is 4.98 Å². The zero-order valence-electron chi connectivity index (χ0n) is 13.6. The number of fused-ring (bicyclic) bond motifs is 1. The van der Waals surface area contributed by atoms with E-state index in [4.69, 9.17) is 11.6 Å². The first-order chi connectivity index (χ1) is 12.6. The van der Waals surface area contributed by atoms with E-state index >= 15 is 0 Å². The lowest BCUT2D eigenvalue weighted by atomic mass is 10.1. The van der Waals surface area contributed by atoms with Gasteiger partial charge < -0.3 is 0 Å². The van der Waals surface area contributed by atoms with Crippen molar-refractivity contribution in [3.63, 3.8) is 0 Å². The molecule has 0 unspecified atom stereocenters. The van der Waals surface area contributed by atoms with Gasteiger partial charge in [-0.05, 0) is 36.4 Å². The lowest BCUT2D eigenvalue weighted by Gasteiger charge is -2.08. The van der Waals surface area contributed by atoms with E-state index in [1.54, 1.807) is 60.7 Å². The second-order valence-corrected chi connectivity index (χ2v) is 6.20. The number of benzene rings is 3. The number of rotatable bonds is 3. The molecular formula is C21H13ClN2O2. The molecular weight excluding hydrogens is 348 g/mol. The number of carbonyl (C=O) groups is 2. The van der Waals surface area contributed by atoms with Crippen molar-refractivity contribution in [1.82, 2.24) is 9.55 Å². The molecule has 0 saturated heterocycles. The summed E-state index contributed by atoms with van der Waals surface area (Å²) in [5.74, 6) is -0.531. The molecule has 0 saturated carbocycles. The molecule has 5 heteroatoms. The van der Waals surface area contributed by atoms with E-state index in [-0.39, 0.29) is 17.5 Å². The highest BCUT2D eigenvalue weighted by molar-refractivity contribution is 6.30. The molecule has 0 radical (unpaired) electrons. The summed E-state index contributed by atoms with van der Waals surface area (Å²) in [4.78, 5) is 30.5. The van der Waals surface area contributed by atoms with Gasteiger partial charge in [-0.15, -0.1) is 0 Å². The van der Waals surface area contributed by atoms with Crippen LogP contribution in [-0.2, 0) is 0 Å². The minimum Gasteiger partial charge on any atom is -0.285 e. The first-order valence-electron chi connectivity index (χ1n) is 8.02. The van der Waals surface area contributed by atoms with E-state index in [1.807, 2.05) is 18.2 Å². The van der Waals surface area contributed by atoms with Gasteiger partial charge in [-0.2, -0.15) is 0 Å². The summed E-state index contributed by atoms with van der Waals surface area (Å²) in [6.07, 6.45) is 0. The van der Waals surface area contributed by atoms with Crippen LogP contribution in [0.1, 0.15) is 26.5 Å². The van der Waals surface area contributed by atoms with Crippen LogP contribution in [0.5, 0.6) is 0 Å². The molecule has 4 aromatic rings. The summed E-state index contributed by atoms with van der Waals surface area (Å²) in [6.45, 7) is 0. The third-order valence-corrected chi connectivity index (χ3v) is 4.35. The van der Waals surface area contributed by atoms with Crippen LogP contribution in [0, 0.1) is 0 Å². The monoisotopic (exact) mass is 360 g/mol. The summed E-state index contributed by atoms with van der Waals surface area (Å²) in [5, 5.41) is 0.539. The van der Waals surface area contributed by atoms with Crippen LogP contribution >= 0.6 is 11.6 Å². The molecule has 0 atom stereocenters. The van der Waals surface area contributed by atoms with Crippen LogP contribution in [0.15, 0.2) is 78.9 Å². The second kappa shape index (κ2) is 6.58. The van der Waals surface area contributed by atoms with Crippen molar-refractivity contribution in [3.8, 4) is 0 Å².